The Labute approximate surface area is 98.3 Å². The van der Waals surface area contributed by atoms with E-state index in [1.54, 1.807) is 6.07 Å². The molecule has 2 nitrogen and oxygen atoms in total. The zero-order valence-corrected chi connectivity index (χ0v) is 9.59. The van der Waals surface area contributed by atoms with Gasteiger partial charge in [0.05, 0.1) is 0 Å². The van der Waals surface area contributed by atoms with Crippen molar-refractivity contribution in [3.8, 4) is 0 Å². The molecule has 0 amide bonds. The van der Waals surface area contributed by atoms with Crippen molar-refractivity contribution >= 4 is 0 Å². The summed E-state index contributed by atoms with van der Waals surface area (Å²) < 4.78 is 38.3. The lowest BCUT2D eigenvalue weighted by atomic mass is 9.91. The monoisotopic (exact) mass is 247 g/mol. The van der Waals surface area contributed by atoms with Crippen LogP contribution in [0.3, 0.4) is 0 Å². The summed E-state index contributed by atoms with van der Waals surface area (Å²) in [4.78, 5) is 0. The van der Waals surface area contributed by atoms with Crippen LogP contribution in [-0.4, -0.2) is 17.8 Å². The maximum Gasteiger partial charge on any atom is 0.422 e. The van der Waals surface area contributed by atoms with Crippen LogP contribution in [0.15, 0.2) is 24.3 Å². The number of aryl methyl sites for hydroxylation is 1. The van der Waals surface area contributed by atoms with Crippen molar-refractivity contribution in [1.82, 2.24) is 0 Å². The number of hydrogen-bond donors (Lipinski definition) is 2. The van der Waals surface area contributed by atoms with Gasteiger partial charge in [-0.2, -0.15) is 13.2 Å². The molecule has 1 aromatic rings. The predicted molar refractivity (Wildman–Crippen MR) is 59.4 cm³/mol. The van der Waals surface area contributed by atoms with Crippen LogP contribution in [0.2, 0.25) is 0 Å². The average molecular weight is 247 g/mol. The molecular formula is C12H16F3NO. The van der Waals surface area contributed by atoms with Gasteiger partial charge < -0.3 is 10.8 Å². The number of nitrogens with two attached hydrogens (primary N) is 1. The molecule has 96 valence electrons. The van der Waals surface area contributed by atoms with Crippen LogP contribution in [0.5, 0.6) is 0 Å². The maximum atomic E-state index is 12.8. The first kappa shape index (κ1) is 14.0. The summed E-state index contributed by atoms with van der Waals surface area (Å²) >= 11 is 0. The Balaban J connectivity index is 3.16. The topological polar surface area (TPSA) is 46.2 Å². The van der Waals surface area contributed by atoms with E-state index >= 15 is 0 Å². The highest BCUT2D eigenvalue weighted by atomic mass is 19.4. The van der Waals surface area contributed by atoms with Gasteiger partial charge in [-0.1, -0.05) is 37.6 Å². The predicted octanol–water partition coefficient (Wildman–Crippen LogP) is 2.35. The summed E-state index contributed by atoms with van der Waals surface area (Å²) in [6.45, 7) is 1.05. The molecule has 0 aliphatic rings. The van der Waals surface area contributed by atoms with Gasteiger partial charge in [0.15, 0.2) is 5.60 Å². The van der Waals surface area contributed by atoms with E-state index in [1.165, 1.54) is 18.2 Å². The highest BCUT2D eigenvalue weighted by Gasteiger charge is 2.54. The third-order valence-corrected chi connectivity index (χ3v) is 2.71. The van der Waals surface area contributed by atoms with Gasteiger partial charge in [-0.05, 0) is 17.5 Å². The molecule has 5 heteroatoms. The molecule has 0 fully saturated rings. The molecule has 0 aliphatic carbocycles. The zero-order chi connectivity index (χ0) is 13.1. The highest BCUT2D eigenvalue weighted by Crippen LogP contribution is 2.38. The summed E-state index contributed by atoms with van der Waals surface area (Å²) in [5, 5.41) is 9.67. The fraction of sp³-hybridized carbons (Fsp3) is 0.500. The molecule has 0 bridgehead atoms. The second kappa shape index (κ2) is 5.06. The lowest BCUT2D eigenvalue weighted by Gasteiger charge is -2.29. The summed E-state index contributed by atoms with van der Waals surface area (Å²) in [5.74, 6) is 0. The van der Waals surface area contributed by atoms with Gasteiger partial charge in [0.2, 0.25) is 0 Å². The van der Waals surface area contributed by atoms with Crippen molar-refractivity contribution in [2.75, 3.05) is 6.54 Å². The molecule has 0 spiro atoms. The zero-order valence-electron chi connectivity index (χ0n) is 9.59. The van der Waals surface area contributed by atoms with Crippen molar-refractivity contribution in [2.24, 2.45) is 5.73 Å². The third-order valence-electron chi connectivity index (χ3n) is 2.71. The van der Waals surface area contributed by atoms with Crippen molar-refractivity contribution < 1.29 is 18.3 Å². The van der Waals surface area contributed by atoms with Crippen molar-refractivity contribution in [3.05, 3.63) is 35.4 Å². The first-order valence-electron chi connectivity index (χ1n) is 5.43. The fourth-order valence-electron chi connectivity index (χ4n) is 1.67. The normalized spacial score (nSPS) is 15.6. The van der Waals surface area contributed by atoms with E-state index in [4.69, 9.17) is 5.73 Å². The molecule has 1 aromatic carbocycles. The van der Waals surface area contributed by atoms with Crippen molar-refractivity contribution in [3.63, 3.8) is 0 Å². The van der Waals surface area contributed by atoms with Gasteiger partial charge in [0, 0.05) is 6.54 Å². The smallest absolute Gasteiger partial charge is 0.375 e. The van der Waals surface area contributed by atoms with Gasteiger partial charge in [-0.15, -0.1) is 0 Å². The first-order valence-corrected chi connectivity index (χ1v) is 5.43. The molecule has 3 N–H and O–H groups in total. The van der Waals surface area contributed by atoms with E-state index in [2.05, 4.69) is 0 Å². The van der Waals surface area contributed by atoms with Gasteiger partial charge in [0.25, 0.3) is 0 Å². The summed E-state index contributed by atoms with van der Waals surface area (Å²) in [5.41, 5.74) is 2.69. The third kappa shape index (κ3) is 2.79. The van der Waals surface area contributed by atoms with E-state index in [9.17, 15) is 18.3 Å². The summed E-state index contributed by atoms with van der Waals surface area (Å²) in [7, 11) is 0. The van der Waals surface area contributed by atoms with Crippen LogP contribution in [-0.2, 0) is 12.0 Å². The summed E-state index contributed by atoms with van der Waals surface area (Å²) in [6.07, 6.45) is -3.27. The Morgan fingerprint density at radius 3 is 2.41 bits per heavy atom. The number of benzene rings is 1. The molecule has 0 aliphatic heterocycles. The van der Waals surface area contributed by atoms with Crippen LogP contribution in [0.4, 0.5) is 13.2 Å². The Hall–Kier alpha value is -1.07. The minimum atomic E-state index is -4.77. The molecule has 0 saturated heterocycles. The SMILES string of the molecule is CCCc1cccc(C(O)(CN)C(F)(F)F)c1. The molecule has 0 saturated carbocycles. The van der Waals surface area contributed by atoms with Gasteiger partial charge in [0.1, 0.15) is 0 Å². The second-order valence-corrected chi connectivity index (χ2v) is 4.01. The maximum absolute atomic E-state index is 12.8. The number of rotatable bonds is 4. The second-order valence-electron chi connectivity index (χ2n) is 4.01. The molecule has 1 atom stereocenters. The number of halogens is 3. The molecule has 17 heavy (non-hydrogen) atoms. The fourth-order valence-corrected chi connectivity index (χ4v) is 1.67. The molecule has 1 unspecified atom stereocenters. The van der Waals surface area contributed by atoms with Crippen molar-refractivity contribution in [1.29, 1.82) is 0 Å². The Morgan fingerprint density at radius 2 is 1.94 bits per heavy atom. The van der Waals surface area contributed by atoms with Gasteiger partial charge in [-0.3, -0.25) is 0 Å². The van der Waals surface area contributed by atoms with Crippen LogP contribution in [0.1, 0.15) is 24.5 Å². The van der Waals surface area contributed by atoms with Gasteiger partial charge >= 0.3 is 6.18 Å². The molecule has 0 aromatic heterocycles. The van der Waals surface area contributed by atoms with Crippen LogP contribution in [0.25, 0.3) is 0 Å². The standard InChI is InChI=1S/C12H16F3NO/c1-2-4-9-5-3-6-10(7-9)11(17,8-16)12(13,14)15/h3,5-7,17H,2,4,8,16H2,1H3. The minimum Gasteiger partial charge on any atom is -0.375 e. The molecule has 0 radical (unpaired) electrons. The van der Waals surface area contributed by atoms with Crippen LogP contribution < -0.4 is 5.73 Å². The number of alkyl halides is 3. The van der Waals surface area contributed by atoms with Gasteiger partial charge in [-0.25, -0.2) is 0 Å². The molecular weight excluding hydrogens is 231 g/mol. The number of hydrogen-bond acceptors (Lipinski definition) is 2. The Kier molecular flexibility index (Phi) is 4.16. The lowest BCUT2D eigenvalue weighted by Crippen LogP contribution is -2.48. The summed E-state index contributed by atoms with van der Waals surface area (Å²) in [6, 6.07) is 5.86. The van der Waals surface area contributed by atoms with Crippen LogP contribution >= 0.6 is 0 Å². The average Bonchev–Trinajstić information content (AvgIpc) is 2.27. The lowest BCUT2D eigenvalue weighted by molar-refractivity contribution is -0.262. The van der Waals surface area contributed by atoms with E-state index in [1.807, 2.05) is 6.92 Å². The molecule has 0 heterocycles. The Bertz CT molecular complexity index is 378. The Morgan fingerprint density at radius 1 is 1.29 bits per heavy atom. The van der Waals surface area contributed by atoms with E-state index in [0.717, 1.165) is 12.0 Å². The van der Waals surface area contributed by atoms with Crippen molar-refractivity contribution in [2.45, 2.75) is 31.5 Å². The van der Waals surface area contributed by atoms with E-state index in [-0.39, 0.29) is 5.56 Å². The quantitative estimate of drug-likeness (QED) is 0.857. The van der Waals surface area contributed by atoms with E-state index < -0.39 is 18.3 Å². The number of aliphatic hydroxyl groups is 1. The van der Waals surface area contributed by atoms with Crippen LogP contribution in [0, 0.1) is 0 Å². The first-order chi connectivity index (χ1) is 7.85. The minimum absolute atomic E-state index is 0.196. The van der Waals surface area contributed by atoms with E-state index in [0.29, 0.717) is 6.42 Å². The highest BCUT2D eigenvalue weighted by molar-refractivity contribution is 5.30. The molecule has 1 rings (SSSR count). The largest absolute Gasteiger partial charge is 0.422 e.